The molecular formula is C17H12Cl2NO2-. The van der Waals surface area contributed by atoms with Crippen LogP contribution in [0.15, 0.2) is 48.7 Å². The van der Waals surface area contributed by atoms with Gasteiger partial charge in [-0.05, 0) is 41.8 Å². The van der Waals surface area contributed by atoms with Crippen molar-refractivity contribution in [2.24, 2.45) is 0 Å². The average Bonchev–Trinajstić information content (AvgIpc) is 2.88. The molecule has 1 heterocycles. The van der Waals surface area contributed by atoms with Crippen molar-refractivity contribution in [3.05, 3.63) is 69.8 Å². The fourth-order valence-electron chi connectivity index (χ4n) is 2.71. The minimum absolute atomic E-state index is 0.150. The van der Waals surface area contributed by atoms with Crippen LogP contribution in [0.5, 0.6) is 0 Å². The first-order chi connectivity index (χ1) is 10.6. The zero-order valence-corrected chi connectivity index (χ0v) is 13.0. The summed E-state index contributed by atoms with van der Waals surface area (Å²) in [5, 5.41) is 13.2. The molecule has 0 aliphatic carbocycles. The summed E-state index contributed by atoms with van der Waals surface area (Å²) in [6.07, 6.45) is 1.65. The summed E-state index contributed by atoms with van der Waals surface area (Å²) in [7, 11) is 0. The van der Waals surface area contributed by atoms with Crippen LogP contribution in [0.4, 0.5) is 0 Å². The number of aromatic amines is 1. The van der Waals surface area contributed by atoms with Gasteiger partial charge in [-0.15, -0.1) is 0 Å². The highest BCUT2D eigenvalue weighted by Gasteiger charge is 2.20. The number of benzene rings is 2. The van der Waals surface area contributed by atoms with Gasteiger partial charge in [0, 0.05) is 39.0 Å². The summed E-state index contributed by atoms with van der Waals surface area (Å²) < 4.78 is 0. The van der Waals surface area contributed by atoms with Gasteiger partial charge >= 0.3 is 0 Å². The molecule has 0 bridgehead atoms. The molecule has 3 rings (SSSR count). The second kappa shape index (κ2) is 6.03. The van der Waals surface area contributed by atoms with Crippen LogP contribution in [-0.4, -0.2) is 11.0 Å². The number of carbonyl (C=O) groups is 1. The van der Waals surface area contributed by atoms with Crippen molar-refractivity contribution in [1.82, 2.24) is 4.98 Å². The maximum Gasteiger partial charge on any atom is 0.0458 e. The lowest BCUT2D eigenvalue weighted by molar-refractivity contribution is -0.305. The number of carboxylic acid groups (broad SMARTS) is 1. The Morgan fingerprint density at radius 3 is 2.64 bits per heavy atom. The third-order valence-electron chi connectivity index (χ3n) is 3.70. The van der Waals surface area contributed by atoms with Crippen molar-refractivity contribution in [3.63, 3.8) is 0 Å². The summed E-state index contributed by atoms with van der Waals surface area (Å²) in [6, 6.07) is 12.7. The van der Waals surface area contributed by atoms with Crippen LogP contribution in [-0.2, 0) is 4.79 Å². The highest BCUT2D eigenvalue weighted by molar-refractivity contribution is 6.32. The fraction of sp³-hybridized carbons (Fsp3) is 0.118. The summed E-state index contributed by atoms with van der Waals surface area (Å²) in [5.74, 6) is -1.52. The van der Waals surface area contributed by atoms with Gasteiger partial charge < -0.3 is 14.9 Å². The molecule has 1 atom stereocenters. The maximum atomic E-state index is 11.2. The minimum Gasteiger partial charge on any atom is -0.550 e. The van der Waals surface area contributed by atoms with E-state index in [-0.39, 0.29) is 6.42 Å². The molecule has 3 aromatic rings. The summed E-state index contributed by atoms with van der Waals surface area (Å²) in [5.41, 5.74) is 2.50. The molecular weight excluding hydrogens is 321 g/mol. The van der Waals surface area contributed by atoms with E-state index in [1.165, 1.54) is 0 Å². The number of H-pyrrole nitrogens is 1. The molecule has 0 aliphatic rings. The Hall–Kier alpha value is -1.97. The van der Waals surface area contributed by atoms with E-state index in [1.807, 2.05) is 30.3 Å². The molecule has 5 heteroatoms. The Bertz CT molecular complexity index is 842. The Morgan fingerprint density at radius 1 is 1.14 bits per heavy atom. The number of fused-ring (bicyclic) bond motifs is 1. The monoisotopic (exact) mass is 332 g/mol. The Morgan fingerprint density at radius 2 is 1.91 bits per heavy atom. The SMILES string of the molecule is O=C([O-])C[C@@H](c1ccccc1Cl)c1c[nH]c2ccc(Cl)cc12. The van der Waals surface area contributed by atoms with Gasteiger partial charge in [-0.2, -0.15) is 0 Å². The smallest absolute Gasteiger partial charge is 0.0458 e. The van der Waals surface area contributed by atoms with Crippen molar-refractivity contribution in [2.45, 2.75) is 12.3 Å². The van der Waals surface area contributed by atoms with Gasteiger partial charge in [0.05, 0.1) is 0 Å². The molecule has 0 saturated heterocycles. The number of carboxylic acids is 1. The number of rotatable bonds is 4. The lowest BCUT2D eigenvalue weighted by Gasteiger charge is -2.19. The van der Waals surface area contributed by atoms with Crippen LogP contribution in [0.1, 0.15) is 23.5 Å². The maximum absolute atomic E-state index is 11.2. The summed E-state index contributed by atoms with van der Waals surface area (Å²) in [4.78, 5) is 14.3. The normalized spacial score (nSPS) is 12.5. The van der Waals surface area contributed by atoms with Crippen LogP contribution in [0.2, 0.25) is 10.0 Å². The van der Waals surface area contributed by atoms with E-state index >= 15 is 0 Å². The van der Waals surface area contributed by atoms with Crippen LogP contribution in [0.25, 0.3) is 10.9 Å². The van der Waals surface area contributed by atoms with Crippen molar-refractivity contribution in [2.75, 3.05) is 0 Å². The van der Waals surface area contributed by atoms with E-state index in [2.05, 4.69) is 4.98 Å². The Balaban J connectivity index is 2.18. The van der Waals surface area contributed by atoms with Crippen molar-refractivity contribution < 1.29 is 9.90 Å². The van der Waals surface area contributed by atoms with Gasteiger partial charge in [-0.3, -0.25) is 0 Å². The number of aromatic nitrogens is 1. The zero-order valence-electron chi connectivity index (χ0n) is 11.5. The number of halogens is 2. The molecule has 3 nitrogen and oxygen atoms in total. The van der Waals surface area contributed by atoms with E-state index in [4.69, 9.17) is 23.2 Å². The number of aliphatic carboxylic acids is 1. The van der Waals surface area contributed by atoms with E-state index in [1.54, 1.807) is 18.3 Å². The molecule has 2 aromatic carbocycles. The van der Waals surface area contributed by atoms with Crippen molar-refractivity contribution >= 4 is 40.1 Å². The standard InChI is InChI=1S/C17H13Cl2NO2/c18-10-5-6-16-13(7-10)14(9-20-16)12(8-17(21)22)11-3-1-2-4-15(11)19/h1-7,9,12,20H,8H2,(H,21,22)/p-1/t12-/m0/s1. The van der Waals surface area contributed by atoms with Gasteiger partial charge in [0.25, 0.3) is 0 Å². The van der Waals surface area contributed by atoms with E-state index in [0.29, 0.717) is 10.0 Å². The van der Waals surface area contributed by atoms with Gasteiger partial charge in [-0.1, -0.05) is 41.4 Å². The first-order valence-corrected chi connectivity index (χ1v) is 7.52. The highest BCUT2D eigenvalue weighted by atomic mass is 35.5. The molecule has 0 spiro atoms. The number of hydrogen-bond acceptors (Lipinski definition) is 2. The zero-order chi connectivity index (χ0) is 15.7. The lowest BCUT2D eigenvalue weighted by atomic mass is 9.88. The predicted octanol–water partition coefficient (Wildman–Crippen LogP) is 3.75. The molecule has 0 radical (unpaired) electrons. The van der Waals surface area contributed by atoms with Gasteiger partial charge in [0.1, 0.15) is 0 Å². The topological polar surface area (TPSA) is 55.9 Å². The molecule has 1 aromatic heterocycles. The fourth-order valence-corrected chi connectivity index (χ4v) is 3.15. The molecule has 0 aliphatic heterocycles. The molecule has 0 amide bonds. The number of hydrogen-bond donors (Lipinski definition) is 1. The van der Waals surface area contributed by atoms with Gasteiger partial charge in [0.2, 0.25) is 0 Å². The second-order valence-corrected chi connectivity index (χ2v) is 5.93. The molecule has 0 unspecified atom stereocenters. The van der Waals surface area contributed by atoms with E-state index in [0.717, 1.165) is 22.0 Å². The van der Waals surface area contributed by atoms with Crippen molar-refractivity contribution in [3.8, 4) is 0 Å². The third kappa shape index (κ3) is 2.82. The second-order valence-electron chi connectivity index (χ2n) is 5.08. The third-order valence-corrected chi connectivity index (χ3v) is 4.28. The highest BCUT2D eigenvalue weighted by Crippen LogP contribution is 2.37. The molecule has 22 heavy (non-hydrogen) atoms. The Kier molecular flexibility index (Phi) is 4.10. The van der Waals surface area contributed by atoms with Crippen LogP contribution in [0.3, 0.4) is 0 Å². The van der Waals surface area contributed by atoms with Crippen LogP contribution in [0, 0.1) is 0 Å². The van der Waals surface area contributed by atoms with Crippen LogP contribution < -0.4 is 5.11 Å². The average molecular weight is 333 g/mol. The quantitative estimate of drug-likeness (QED) is 0.791. The Labute approximate surface area is 137 Å². The van der Waals surface area contributed by atoms with E-state index < -0.39 is 11.9 Å². The lowest BCUT2D eigenvalue weighted by Crippen LogP contribution is -2.25. The van der Waals surface area contributed by atoms with Crippen LogP contribution >= 0.6 is 23.2 Å². The summed E-state index contributed by atoms with van der Waals surface area (Å²) >= 11 is 12.3. The largest absolute Gasteiger partial charge is 0.550 e. The van der Waals surface area contributed by atoms with Gasteiger partial charge in [0.15, 0.2) is 0 Å². The summed E-state index contributed by atoms with van der Waals surface area (Å²) in [6.45, 7) is 0. The predicted molar refractivity (Wildman–Crippen MR) is 86.2 cm³/mol. The molecule has 1 N–H and O–H groups in total. The van der Waals surface area contributed by atoms with Crippen molar-refractivity contribution in [1.29, 1.82) is 0 Å². The molecule has 0 saturated carbocycles. The first-order valence-electron chi connectivity index (χ1n) is 6.77. The minimum atomic E-state index is -1.12. The molecule has 112 valence electrons. The molecule has 0 fully saturated rings. The van der Waals surface area contributed by atoms with E-state index in [9.17, 15) is 9.90 Å². The number of carbonyl (C=O) groups excluding carboxylic acids is 1. The van der Waals surface area contributed by atoms with Gasteiger partial charge in [-0.25, -0.2) is 0 Å². The first kappa shape index (κ1) is 14.9. The number of nitrogens with one attached hydrogen (secondary N) is 1.